The van der Waals surface area contributed by atoms with Gasteiger partial charge < -0.3 is 20.5 Å². The third-order valence-electron chi connectivity index (χ3n) is 3.40. The number of para-hydroxylation sites is 2. The average Bonchev–Trinajstić information content (AvgIpc) is 2.37. The van der Waals surface area contributed by atoms with E-state index in [1.54, 1.807) is 13.0 Å². The van der Waals surface area contributed by atoms with Crippen LogP contribution >= 0.6 is 0 Å². The van der Waals surface area contributed by atoms with Gasteiger partial charge in [0, 0.05) is 6.54 Å². The number of benzene rings is 1. The first-order valence-corrected chi connectivity index (χ1v) is 7.56. The summed E-state index contributed by atoms with van der Waals surface area (Å²) in [6.45, 7) is 11.5. The summed E-state index contributed by atoms with van der Waals surface area (Å²) in [5, 5.41) is 15.6. The average molecular weight is 308 g/mol. The molecule has 0 fully saturated rings. The molecule has 1 aromatic rings. The first-order valence-electron chi connectivity index (χ1n) is 7.56. The lowest BCUT2D eigenvalue weighted by Gasteiger charge is -2.28. The summed E-state index contributed by atoms with van der Waals surface area (Å²) < 4.78 is 5.83. The lowest BCUT2D eigenvalue weighted by Crippen LogP contribution is -2.45. The maximum Gasteiger partial charge on any atom is 0.319 e. The summed E-state index contributed by atoms with van der Waals surface area (Å²) in [4.78, 5) is 12.0. The van der Waals surface area contributed by atoms with Gasteiger partial charge in [-0.15, -0.1) is 0 Å². The Morgan fingerprint density at radius 2 is 1.82 bits per heavy atom. The second kappa shape index (κ2) is 7.01. The molecule has 1 aromatic carbocycles. The van der Waals surface area contributed by atoms with Crippen molar-refractivity contribution in [3.63, 3.8) is 0 Å². The number of carbonyl (C=O) groups is 1. The van der Waals surface area contributed by atoms with Crippen LogP contribution in [0.1, 0.15) is 41.5 Å². The summed E-state index contributed by atoms with van der Waals surface area (Å²) in [7, 11) is 0. The Hall–Kier alpha value is -1.75. The number of rotatable bonds is 5. The van der Waals surface area contributed by atoms with E-state index in [1.807, 2.05) is 52.8 Å². The highest BCUT2D eigenvalue weighted by Crippen LogP contribution is 2.27. The zero-order chi connectivity index (χ0) is 17.0. The summed E-state index contributed by atoms with van der Waals surface area (Å²) >= 11 is 0. The Balaban J connectivity index is 2.69. The van der Waals surface area contributed by atoms with E-state index in [9.17, 15) is 9.90 Å². The predicted molar refractivity (Wildman–Crippen MR) is 89.3 cm³/mol. The fourth-order valence-corrected chi connectivity index (χ4v) is 1.62. The number of hydrogen-bond acceptors (Lipinski definition) is 3. The zero-order valence-electron chi connectivity index (χ0n) is 14.4. The topological polar surface area (TPSA) is 70.6 Å². The van der Waals surface area contributed by atoms with Crippen molar-refractivity contribution in [1.82, 2.24) is 5.32 Å². The van der Waals surface area contributed by atoms with Crippen molar-refractivity contribution in [2.24, 2.45) is 5.92 Å². The smallest absolute Gasteiger partial charge is 0.319 e. The normalized spacial score (nSPS) is 14.4. The molecule has 0 aliphatic heterocycles. The van der Waals surface area contributed by atoms with E-state index in [4.69, 9.17) is 4.74 Å². The molecular formula is C17H28N2O3. The molecule has 1 unspecified atom stereocenters. The lowest BCUT2D eigenvalue weighted by atomic mass is 9.93. The van der Waals surface area contributed by atoms with Crippen molar-refractivity contribution in [3.05, 3.63) is 24.3 Å². The van der Waals surface area contributed by atoms with E-state index in [1.165, 1.54) is 0 Å². The summed E-state index contributed by atoms with van der Waals surface area (Å²) in [5.41, 5.74) is -0.701. The van der Waals surface area contributed by atoms with Crippen LogP contribution in [0.15, 0.2) is 24.3 Å². The molecule has 0 spiro atoms. The number of nitrogens with one attached hydrogen (secondary N) is 2. The SMILES string of the molecule is CC(C)C(C)(O)CNC(=O)Nc1ccccc1OC(C)(C)C. The van der Waals surface area contributed by atoms with Gasteiger partial charge in [0.2, 0.25) is 0 Å². The molecule has 2 amide bonds. The lowest BCUT2D eigenvalue weighted by molar-refractivity contribution is 0.0170. The van der Waals surface area contributed by atoms with Crippen LogP contribution in [0.2, 0.25) is 0 Å². The van der Waals surface area contributed by atoms with Crippen LogP contribution in [0, 0.1) is 5.92 Å². The minimum Gasteiger partial charge on any atom is -0.486 e. The molecule has 22 heavy (non-hydrogen) atoms. The first kappa shape index (κ1) is 18.3. The molecule has 0 bridgehead atoms. The Morgan fingerprint density at radius 1 is 1.23 bits per heavy atom. The summed E-state index contributed by atoms with van der Waals surface area (Å²) in [6.07, 6.45) is 0. The molecule has 0 aliphatic rings. The van der Waals surface area contributed by atoms with E-state index >= 15 is 0 Å². The van der Waals surface area contributed by atoms with Gasteiger partial charge in [-0.05, 0) is 45.7 Å². The fraction of sp³-hybridized carbons (Fsp3) is 0.588. The largest absolute Gasteiger partial charge is 0.486 e. The number of anilines is 1. The molecule has 0 radical (unpaired) electrons. The van der Waals surface area contributed by atoms with Gasteiger partial charge in [0.1, 0.15) is 11.4 Å². The second-order valence-corrected chi connectivity index (χ2v) is 7.03. The van der Waals surface area contributed by atoms with E-state index < -0.39 is 5.60 Å². The number of urea groups is 1. The Morgan fingerprint density at radius 3 is 2.36 bits per heavy atom. The van der Waals surface area contributed by atoms with Gasteiger partial charge in [-0.3, -0.25) is 0 Å². The van der Waals surface area contributed by atoms with E-state index in [2.05, 4.69) is 10.6 Å². The van der Waals surface area contributed by atoms with Crippen LogP contribution < -0.4 is 15.4 Å². The molecule has 5 heteroatoms. The Kier molecular flexibility index (Phi) is 5.83. The molecule has 0 saturated heterocycles. The highest BCUT2D eigenvalue weighted by molar-refractivity contribution is 5.90. The van der Waals surface area contributed by atoms with Gasteiger partial charge in [-0.25, -0.2) is 4.79 Å². The van der Waals surface area contributed by atoms with Gasteiger partial charge in [-0.2, -0.15) is 0 Å². The zero-order valence-corrected chi connectivity index (χ0v) is 14.4. The monoisotopic (exact) mass is 308 g/mol. The number of aliphatic hydroxyl groups is 1. The van der Waals surface area contributed by atoms with Gasteiger partial charge in [0.15, 0.2) is 0 Å². The molecule has 0 saturated carbocycles. The van der Waals surface area contributed by atoms with Gasteiger partial charge in [0.25, 0.3) is 0 Å². The minimum absolute atomic E-state index is 0.0457. The number of hydrogen-bond donors (Lipinski definition) is 3. The Bertz CT molecular complexity index is 505. The Labute approximate surface area is 133 Å². The van der Waals surface area contributed by atoms with Crippen molar-refractivity contribution < 1.29 is 14.6 Å². The quantitative estimate of drug-likeness (QED) is 0.781. The van der Waals surface area contributed by atoms with E-state index in [-0.39, 0.29) is 24.1 Å². The standard InChI is InChI=1S/C17H28N2O3/c1-12(2)17(6,21)11-18-15(20)19-13-9-7-8-10-14(13)22-16(3,4)5/h7-10,12,21H,11H2,1-6H3,(H2,18,19,20). The highest BCUT2D eigenvalue weighted by Gasteiger charge is 2.25. The molecule has 1 atom stereocenters. The molecule has 124 valence electrons. The van der Waals surface area contributed by atoms with Crippen LogP contribution in [0.5, 0.6) is 5.75 Å². The maximum atomic E-state index is 12.0. The van der Waals surface area contributed by atoms with Crippen molar-refractivity contribution in [2.75, 3.05) is 11.9 Å². The number of amides is 2. The molecular weight excluding hydrogens is 280 g/mol. The van der Waals surface area contributed by atoms with E-state index in [0.717, 1.165) is 0 Å². The number of carbonyl (C=O) groups excluding carboxylic acids is 1. The molecule has 0 aromatic heterocycles. The summed E-state index contributed by atoms with van der Waals surface area (Å²) in [5.74, 6) is 0.657. The molecule has 5 nitrogen and oxygen atoms in total. The minimum atomic E-state index is -0.946. The van der Waals surface area contributed by atoms with Crippen molar-refractivity contribution >= 4 is 11.7 Å². The molecule has 0 aliphatic carbocycles. The third kappa shape index (κ3) is 5.93. The van der Waals surface area contributed by atoms with Gasteiger partial charge >= 0.3 is 6.03 Å². The van der Waals surface area contributed by atoms with Crippen LogP contribution in [0.4, 0.5) is 10.5 Å². The highest BCUT2D eigenvalue weighted by atomic mass is 16.5. The van der Waals surface area contributed by atoms with Gasteiger partial charge in [0.05, 0.1) is 11.3 Å². The van der Waals surface area contributed by atoms with Crippen LogP contribution in [0.25, 0.3) is 0 Å². The van der Waals surface area contributed by atoms with Crippen LogP contribution in [-0.2, 0) is 0 Å². The summed E-state index contributed by atoms with van der Waals surface area (Å²) in [6, 6.07) is 6.90. The maximum absolute atomic E-state index is 12.0. The van der Waals surface area contributed by atoms with Crippen molar-refractivity contribution in [3.8, 4) is 5.75 Å². The number of ether oxygens (including phenoxy) is 1. The van der Waals surface area contributed by atoms with E-state index in [0.29, 0.717) is 11.4 Å². The molecule has 0 heterocycles. The second-order valence-electron chi connectivity index (χ2n) is 7.03. The van der Waals surface area contributed by atoms with Crippen LogP contribution in [-0.4, -0.2) is 28.9 Å². The molecule has 1 rings (SSSR count). The van der Waals surface area contributed by atoms with Gasteiger partial charge in [-0.1, -0.05) is 26.0 Å². The van der Waals surface area contributed by atoms with Crippen LogP contribution in [0.3, 0.4) is 0 Å². The van der Waals surface area contributed by atoms with Crippen molar-refractivity contribution in [1.29, 1.82) is 0 Å². The third-order valence-corrected chi connectivity index (χ3v) is 3.40. The first-order chi connectivity index (χ1) is 10.0. The predicted octanol–water partition coefficient (Wildman–Crippen LogP) is 3.39. The molecule has 3 N–H and O–H groups in total. The fourth-order valence-electron chi connectivity index (χ4n) is 1.62. The van der Waals surface area contributed by atoms with Crippen molar-refractivity contribution in [2.45, 2.75) is 52.7 Å².